The highest BCUT2D eigenvalue weighted by Gasteiger charge is 2.21. The lowest BCUT2D eigenvalue weighted by Crippen LogP contribution is -2.36. The molecule has 1 amide bonds. The zero-order valence-electron chi connectivity index (χ0n) is 14.2. The van der Waals surface area contributed by atoms with Crippen molar-refractivity contribution in [2.24, 2.45) is 5.92 Å². The van der Waals surface area contributed by atoms with Crippen molar-refractivity contribution in [3.8, 4) is 11.5 Å². The highest BCUT2D eigenvalue weighted by atomic mass is 16.7. The molecule has 23 heavy (non-hydrogen) atoms. The Morgan fingerprint density at radius 1 is 1.13 bits per heavy atom. The van der Waals surface area contributed by atoms with Crippen LogP contribution in [0.5, 0.6) is 11.5 Å². The van der Waals surface area contributed by atoms with Crippen LogP contribution in [0.25, 0.3) is 0 Å². The van der Waals surface area contributed by atoms with Gasteiger partial charge in [0.25, 0.3) is 0 Å². The normalized spacial score (nSPS) is 19.5. The van der Waals surface area contributed by atoms with Gasteiger partial charge < -0.3 is 14.4 Å². The number of fused-ring (bicyclic) bond motifs is 1. The van der Waals surface area contributed by atoms with Crippen LogP contribution in [0.2, 0.25) is 0 Å². The fourth-order valence-electron chi connectivity index (χ4n) is 3.61. The third kappa shape index (κ3) is 3.98. The van der Waals surface area contributed by atoms with Gasteiger partial charge in [-0.25, -0.2) is 0 Å². The SMILES string of the molecule is CC(CC(=O)N1CCCCC1)CC(C)c1ccc2c(c1)OCO2. The lowest BCUT2D eigenvalue weighted by atomic mass is 9.89. The number of piperidine rings is 1. The second-order valence-corrected chi connectivity index (χ2v) is 7.00. The number of ether oxygens (including phenoxy) is 2. The van der Waals surface area contributed by atoms with E-state index >= 15 is 0 Å². The maximum Gasteiger partial charge on any atom is 0.231 e. The lowest BCUT2D eigenvalue weighted by Gasteiger charge is -2.28. The maximum absolute atomic E-state index is 12.4. The van der Waals surface area contributed by atoms with Crippen LogP contribution in [-0.4, -0.2) is 30.7 Å². The van der Waals surface area contributed by atoms with Crippen LogP contribution < -0.4 is 9.47 Å². The topological polar surface area (TPSA) is 38.8 Å². The Kier molecular flexibility index (Phi) is 5.09. The van der Waals surface area contributed by atoms with Crippen molar-refractivity contribution >= 4 is 5.91 Å². The summed E-state index contributed by atoms with van der Waals surface area (Å²) in [5.41, 5.74) is 1.26. The summed E-state index contributed by atoms with van der Waals surface area (Å²) in [5.74, 6) is 2.80. The number of hydrogen-bond acceptors (Lipinski definition) is 3. The Labute approximate surface area is 138 Å². The summed E-state index contributed by atoms with van der Waals surface area (Å²) in [6.07, 6.45) is 5.26. The molecule has 4 nitrogen and oxygen atoms in total. The number of carbonyl (C=O) groups is 1. The Hall–Kier alpha value is -1.71. The summed E-state index contributed by atoms with van der Waals surface area (Å²) in [7, 11) is 0. The van der Waals surface area contributed by atoms with Crippen molar-refractivity contribution in [2.75, 3.05) is 19.9 Å². The first-order valence-corrected chi connectivity index (χ1v) is 8.81. The molecule has 0 aromatic heterocycles. The van der Waals surface area contributed by atoms with Crippen LogP contribution in [0.1, 0.15) is 57.4 Å². The zero-order chi connectivity index (χ0) is 16.2. The molecule has 0 bridgehead atoms. The molecule has 0 spiro atoms. The minimum absolute atomic E-state index is 0.313. The molecule has 2 heterocycles. The average molecular weight is 317 g/mol. The number of nitrogens with zero attached hydrogens (tertiary/aromatic N) is 1. The highest BCUT2D eigenvalue weighted by molar-refractivity contribution is 5.76. The minimum atomic E-state index is 0.313. The number of hydrogen-bond donors (Lipinski definition) is 0. The number of likely N-dealkylation sites (tertiary alicyclic amines) is 1. The number of carbonyl (C=O) groups excluding carboxylic acids is 1. The van der Waals surface area contributed by atoms with E-state index in [1.165, 1.54) is 12.0 Å². The monoisotopic (exact) mass is 317 g/mol. The Bertz CT molecular complexity index is 552. The minimum Gasteiger partial charge on any atom is -0.454 e. The smallest absolute Gasteiger partial charge is 0.231 e. The fraction of sp³-hybridized carbons (Fsp3) is 0.632. The van der Waals surface area contributed by atoms with Gasteiger partial charge in [-0.1, -0.05) is 19.9 Å². The maximum atomic E-state index is 12.4. The van der Waals surface area contributed by atoms with Crippen molar-refractivity contribution < 1.29 is 14.3 Å². The Morgan fingerprint density at radius 3 is 2.65 bits per heavy atom. The van der Waals surface area contributed by atoms with Crippen LogP contribution >= 0.6 is 0 Å². The third-order valence-corrected chi connectivity index (χ3v) is 4.95. The molecule has 1 fully saturated rings. The fourth-order valence-corrected chi connectivity index (χ4v) is 3.61. The molecule has 126 valence electrons. The molecule has 3 rings (SSSR count). The molecule has 2 atom stereocenters. The van der Waals surface area contributed by atoms with Crippen molar-refractivity contribution in [3.63, 3.8) is 0 Å². The second kappa shape index (κ2) is 7.24. The molecule has 2 aliphatic rings. The summed E-state index contributed by atoms with van der Waals surface area (Å²) in [5, 5.41) is 0. The van der Waals surface area contributed by atoms with Gasteiger partial charge in [0, 0.05) is 19.5 Å². The molecule has 2 aliphatic heterocycles. The predicted molar refractivity (Wildman–Crippen MR) is 89.8 cm³/mol. The number of rotatable bonds is 5. The van der Waals surface area contributed by atoms with E-state index < -0.39 is 0 Å². The lowest BCUT2D eigenvalue weighted by molar-refractivity contribution is -0.133. The average Bonchev–Trinajstić information content (AvgIpc) is 3.03. The molecule has 0 saturated carbocycles. The first kappa shape index (κ1) is 16.2. The van der Waals surface area contributed by atoms with Crippen LogP contribution in [-0.2, 0) is 4.79 Å². The Balaban J connectivity index is 1.52. The summed E-state index contributed by atoms with van der Waals surface area (Å²) < 4.78 is 10.8. The first-order valence-electron chi connectivity index (χ1n) is 8.81. The second-order valence-electron chi connectivity index (χ2n) is 7.00. The van der Waals surface area contributed by atoms with E-state index in [1.54, 1.807) is 0 Å². The van der Waals surface area contributed by atoms with Gasteiger partial charge >= 0.3 is 0 Å². The van der Waals surface area contributed by atoms with Crippen molar-refractivity contribution in [2.45, 2.75) is 51.9 Å². The van der Waals surface area contributed by atoms with Crippen molar-refractivity contribution in [1.29, 1.82) is 0 Å². The van der Waals surface area contributed by atoms with E-state index in [0.29, 0.717) is 31.0 Å². The molecule has 1 aromatic rings. The molecule has 0 N–H and O–H groups in total. The van der Waals surface area contributed by atoms with Crippen LogP contribution in [0.4, 0.5) is 0 Å². The molecular weight excluding hydrogens is 290 g/mol. The van der Waals surface area contributed by atoms with Gasteiger partial charge in [-0.15, -0.1) is 0 Å². The molecular formula is C19H27NO3. The van der Waals surface area contributed by atoms with E-state index in [0.717, 1.165) is 43.9 Å². The highest BCUT2D eigenvalue weighted by Crippen LogP contribution is 2.36. The summed E-state index contributed by atoms with van der Waals surface area (Å²) in [6, 6.07) is 6.17. The van der Waals surface area contributed by atoms with Crippen LogP contribution in [0.15, 0.2) is 18.2 Å². The quantitative estimate of drug-likeness (QED) is 0.825. The van der Waals surface area contributed by atoms with Gasteiger partial charge in [-0.05, 0) is 55.2 Å². The van der Waals surface area contributed by atoms with Gasteiger partial charge in [0.15, 0.2) is 11.5 Å². The molecule has 0 aliphatic carbocycles. The van der Waals surface area contributed by atoms with Gasteiger partial charge in [-0.3, -0.25) is 4.79 Å². The van der Waals surface area contributed by atoms with E-state index in [2.05, 4.69) is 26.0 Å². The van der Waals surface area contributed by atoms with E-state index in [4.69, 9.17) is 9.47 Å². The van der Waals surface area contributed by atoms with Crippen molar-refractivity contribution in [3.05, 3.63) is 23.8 Å². The summed E-state index contributed by atoms with van der Waals surface area (Å²) in [4.78, 5) is 14.4. The standard InChI is InChI=1S/C19H27NO3/c1-14(11-19(21)20-8-4-3-5-9-20)10-15(2)16-6-7-17-18(12-16)23-13-22-17/h6-7,12,14-15H,3-5,8-11,13H2,1-2H3. The molecule has 1 saturated heterocycles. The summed E-state index contributed by atoms with van der Waals surface area (Å²) >= 11 is 0. The third-order valence-electron chi connectivity index (χ3n) is 4.95. The van der Waals surface area contributed by atoms with E-state index in [-0.39, 0.29) is 0 Å². The number of amides is 1. The Morgan fingerprint density at radius 2 is 1.87 bits per heavy atom. The predicted octanol–water partition coefficient (Wildman–Crippen LogP) is 3.95. The number of benzene rings is 1. The molecule has 4 heteroatoms. The molecule has 0 radical (unpaired) electrons. The van der Waals surface area contributed by atoms with Gasteiger partial charge in [0.05, 0.1) is 0 Å². The molecule has 1 aromatic carbocycles. The van der Waals surface area contributed by atoms with E-state index in [1.807, 2.05) is 11.0 Å². The van der Waals surface area contributed by atoms with Gasteiger partial charge in [0.1, 0.15) is 0 Å². The zero-order valence-corrected chi connectivity index (χ0v) is 14.2. The molecule has 2 unspecified atom stereocenters. The first-order chi connectivity index (χ1) is 11.1. The van der Waals surface area contributed by atoms with Crippen molar-refractivity contribution in [1.82, 2.24) is 4.90 Å². The van der Waals surface area contributed by atoms with Crippen LogP contribution in [0.3, 0.4) is 0 Å². The van der Waals surface area contributed by atoms with Gasteiger partial charge in [-0.2, -0.15) is 0 Å². The summed E-state index contributed by atoms with van der Waals surface area (Å²) in [6.45, 7) is 6.62. The van der Waals surface area contributed by atoms with Gasteiger partial charge in [0.2, 0.25) is 12.7 Å². The van der Waals surface area contributed by atoms with E-state index in [9.17, 15) is 4.79 Å². The largest absolute Gasteiger partial charge is 0.454 e. The van der Waals surface area contributed by atoms with Crippen LogP contribution in [0, 0.1) is 5.92 Å².